The number of rotatable bonds is 14. The van der Waals surface area contributed by atoms with Gasteiger partial charge in [-0.3, -0.25) is 0 Å². The van der Waals surface area contributed by atoms with Crippen LogP contribution in [0.3, 0.4) is 0 Å². The summed E-state index contributed by atoms with van der Waals surface area (Å²) in [6.45, 7) is 2.29. The summed E-state index contributed by atoms with van der Waals surface area (Å²) in [5, 5.41) is 1.12. The Kier molecular flexibility index (Phi) is 22.9. The van der Waals surface area contributed by atoms with E-state index in [1.54, 1.807) is 0 Å². The average molecular weight is 297 g/mol. The van der Waals surface area contributed by atoms with E-state index in [0.29, 0.717) is 0 Å². The Balaban J connectivity index is 0. The van der Waals surface area contributed by atoms with Gasteiger partial charge in [0.25, 0.3) is 0 Å². The smallest absolute Gasteiger partial charge is 2.00 e. The van der Waals surface area contributed by atoms with E-state index >= 15 is 0 Å². The second-order valence-corrected chi connectivity index (χ2v) is 5.83. The molecule has 0 aliphatic carbocycles. The Morgan fingerprint density at radius 1 is 0.500 bits per heavy atom. The van der Waals surface area contributed by atoms with Crippen LogP contribution in [0, 0.1) is 0 Å². The van der Waals surface area contributed by atoms with Crippen LogP contribution in [0.2, 0.25) is 5.32 Å². The molecular formula is C16H33FeO. The molecule has 0 heterocycles. The van der Waals surface area contributed by atoms with Gasteiger partial charge >= 0.3 is 92.0 Å². The van der Waals surface area contributed by atoms with Crippen molar-refractivity contribution in [1.29, 1.82) is 0 Å². The maximum absolute atomic E-state index is 3.88. The van der Waals surface area contributed by atoms with E-state index in [2.05, 4.69) is 22.9 Å². The van der Waals surface area contributed by atoms with E-state index < -0.39 is 0 Å². The molecule has 0 aliphatic heterocycles. The molecule has 0 radical (unpaired) electrons. The molecular weight excluding hydrogens is 264 g/mol. The second-order valence-electron chi connectivity index (χ2n) is 5.27. The molecule has 0 aromatic heterocycles. The quantitative estimate of drug-likeness (QED) is 0.265. The van der Waals surface area contributed by atoms with Crippen molar-refractivity contribution in [1.82, 2.24) is 0 Å². The van der Waals surface area contributed by atoms with Crippen LogP contribution in [0.4, 0.5) is 0 Å². The minimum absolute atomic E-state index is 0. The predicted octanol–water partition coefficient (Wildman–Crippen LogP) is 6.31. The van der Waals surface area contributed by atoms with Gasteiger partial charge < -0.3 is 5.48 Å². The molecule has 0 saturated heterocycles. The van der Waals surface area contributed by atoms with Crippen LogP contribution in [-0.2, 0) is 21.5 Å². The van der Waals surface area contributed by atoms with Crippen LogP contribution in [0.25, 0.3) is 0 Å². The van der Waals surface area contributed by atoms with Crippen molar-refractivity contribution >= 4 is 0 Å². The van der Waals surface area contributed by atoms with Gasteiger partial charge in [-0.1, -0.05) is 26.2 Å². The minimum Gasteiger partial charge on any atom is -2.00 e. The first-order valence-corrected chi connectivity index (χ1v) is 8.74. The van der Waals surface area contributed by atoms with Crippen molar-refractivity contribution in [2.75, 3.05) is 0 Å². The monoisotopic (exact) mass is 297 g/mol. The van der Waals surface area contributed by atoms with Crippen LogP contribution < -0.4 is 0 Å². The molecule has 0 rings (SSSR count). The zero-order chi connectivity index (χ0) is 12.6. The minimum atomic E-state index is 0. The molecule has 0 unspecified atom stereocenters. The fourth-order valence-electron chi connectivity index (χ4n) is 2.28. The molecule has 0 bridgehead atoms. The Hall–Kier alpha value is 0.479. The Morgan fingerprint density at radius 2 is 0.778 bits per heavy atom. The number of hydrogen-bond donors (Lipinski definition) is 0. The van der Waals surface area contributed by atoms with Crippen molar-refractivity contribution in [2.45, 2.75) is 102 Å². The van der Waals surface area contributed by atoms with Gasteiger partial charge in [-0.25, -0.2) is 0 Å². The van der Waals surface area contributed by atoms with Crippen LogP contribution in [0.1, 0.15) is 96.8 Å². The van der Waals surface area contributed by atoms with Gasteiger partial charge in [-0.15, -0.1) is 0 Å². The van der Waals surface area contributed by atoms with Crippen LogP contribution in [0.5, 0.6) is 0 Å². The van der Waals surface area contributed by atoms with E-state index in [9.17, 15) is 0 Å². The van der Waals surface area contributed by atoms with Crippen molar-refractivity contribution in [3.8, 4) is 0 Å². The molecule has 111 valence electrons. The standard InChI is InChI=1S/C16H33.Fe.O/c1-3-5-7-9-11-13-15-16-14-12-10-8-6-4-2;;/h1,3-16H2,2H3;;/q;+2;-2. The first kappa shape index (κ1) is 20.8. The van der Waals surface area contributed by atoms with Gasteiger partial charge in [0.05, 0.1) is 0 Å². The van der Waals surface area contributed by atoms with Gasteiger partial charge in [0.15, 0.2) is 0 Å². The fourth-order valence-corrected chi connectivity index (χ4v) is 2.56. The van der Waals surface area contributed by atoms with Gasteiger partial charge in [0.2, 0.25) is 0 Å². The number of hydrogen-bond acceptors (Lipinski definition) is 0. The third kappa shape index (κ3) is 18.8. The molecule has 18 heavy (non-hydrogen) atoms. The largest absolute Gasteiger partial charge is 2.00 e. The third-order valence-electron chi connectivity index (χ3n) is 3.48. The second kappa shape index (κ2) is 19.8. The summed E-state index contributed by atoms with van der Waals surface area (Å²) in [6.07, 6.45) is 20.2. The first-order chi connectivity index (χ1) is 8.41. The van der Waals surface area contributed by atoms with Gasteiger partial charge in [-0.2, -0.15) is 0 Å². The molecule has 0 N–H and O–H groups in total. The molecule has 0 amide bonds. The van der Waals surface area contributed by atoms with Crippen LogP contribution >= 0.6 is 0 Å². The van der Waals surface area contributed by atoms with E-state index in [1.165, 1.54) is 89.9 Å². The predicted molar refractivity (Wildman–Crippen MR) is 75.8 cm³/mol. The first-order valence-electron chi connectivity index (χ1n) is 7.96. The molecule has 0 aromatic carbocycles. The zero-order valence-electron chi connectivity index (χ0n) is 12.4. The van der Waals surface area contributed by atoms with Crippen molar-refractivity contribution in [3.63, 3.8) is 0 Å². The Bertz CT molecular complexity index is 114. The van der Waals surface area contributed by atoms with Crippen molar-refractivity contribution < 1.29 is 21.5 Å². The third-order valence-corrected chi connectivity index (χ3v) is 3.87. The SMILES string of the molecule is CCCCCCCCCCCCCCC[CH2][Fe+2].[O-2]. The molecule has 0 atom stereocenters. The summed E-state index contributed by atoms with van der Waals surface area (Å²) in [4.78, 5) is 0. The van der Waals surface area contributed by atoms with Crippen molar-refractivity contribution in [2.24, 2.45) is 0 Å². The van der Waals surface area contributed by atoms with Gasteiger partial charge in [0.1, 0.15) is 0 Å². The van der Waals surface area contributed by atoms with E-state index in [4.69, 9.17) is 0 Å². The average Bonchev–Trinajstić information content (AvgIpc) is 2.35. The van der Waals surface area contributed by atoms with E-state index in [1.807, 2.05) is 0 Å². The number of unbranched alkanes of at least 4 members (excludes halogenated alkanes) is 13. The normalized spacial score (nSPS) is 10.3. The maximum atomic E-state index is 3.88. The van der Waals surface area contributed by atoms with Gasteiger partial charge in [-0.05, 0) is 0 Å². The van der Waals surface area contributed by atoms with E-state index in [-0.39, 0.29) is 5.48 Å². The summed E-state index contributed by atoms with van der Waals surface area (Å²) in [5.41, 5.74) is 0. The summed E-state index contributed by atoms with van der Waals surface area (Å²) < 4.78 is 0. The summed E-state index contributed by atoms with van der Waals surface area (Å²) in [7, 11) is 0. The van der Waals surface area contributed by atoms with Crippen molar-refractivity contribution in [3.05, 3.63) is 0 Å². The van der Waals surface area contributed by atoms with Crippen LogP contribution in [-0.4, -0.2) is 0 Å². The van der Waals surface area contributed by atoms with Gasteiger partial charge in [0, 0.05) is 0 Å². The van der Waals surface area contributed by atoms with E-state index in [0.717, 1.165) is 5.32 Å². The molecule has 0 aliphatic rings. The topological polar surface area (TPSA) is 28.5 Å². The molecule has 1 nitrogen and oxygen atoms in total. The molecule has 0 saturated carbocycles. The summed E-state index contributed by atoms with van der Waals surface area (Å²) >= 11 is 3.88. The zero-order valence-corrected chi connectivity index (χ0v) is 13.5. The summed E-state index contributed by atoms with van der Waals surface area (Å²) in [5.74, 6) is 0. The summed E-state index contributed by atoms with van der Waals surface area (Å²) in [6, 6.07) is 0. The molecule has 2 heteroatoms. The molecule has 0 aromatic rings. The van der Waals surface area contributed by atoms with Crippen LogP contribution in [0.15, 0.2) is 0 Å². The maximum Gasteiger partial charge on any atom is -2.00 e. The molecule has 0 fully saturated rings. The Morgan fingerprint density at radius 3 is 1.06 bits per heavy atom. The molecule has 0 spiro atoms. The fraction of sp³-hybridized carbons (Fsp3) is 1.00. The Labute approximate surface area is 124 Å².